The topological polar surface area (TPSA) is 0 Å². The highest BCUT2D eigenvalue weighted by molar-refractivity contribution is 8.03. The number of hydrogen-bond acceptors (Lipinski definition) is 1. The number of rotatable bonds is 3. The minimum Gasteiger partial charge on any atom is -0.207 e. The van der Waals surface area contributed by atoms with Crippen LogP contribution in [0.3, 0.4) is 0 Å². The molecule has 0 radical (unpaired) electrons. The van der Waals surface area contributed by atoms with Gasteiger partial charge in [0.25, 0.3) is 0 Å². The van der Waals surface area contributed by atoms with E-state index in [0.717, 1.165) is 16.7 Å². The first-order chi connectivity index (χ1) is 8.24. The highest BCUT2D eigenvalue weighted by Gasteiger charge is 2.00. The van der Waals surface area contributed by atoms with Crippen molar-refractivity contribution in [2.45, 2.75) is 4.90 Å². The maximum absolute atomic E-state index is 13.6. The summed E-state index contributed by atoms with van der Waals surface area (Å²) < 4.78 is 26.5. The molecule has 0 aliphatic heterocycles. The van der Waals surface area contributed by atoms with Crippen LogP contribution in [-0.4, -0.2) is 0 Å². The Hall–Kier alpha value is -1.61. The largest absolute Gasteiger partial charge is 0.207 e. The Morgan fingerprint density at radius 3 is 2.47 bits per heavy atom. The molecule has 0 aliphatic carbocycles. The minimum atomic E-state index is -0.365. The molecule has 0 unspecified atom stereocenters. The van der Waals surface area contributed by atoms with Crippen LogP contribution in [0.25, 0.3) is 6.08 Å². The lowest BCUT2D eigenvalue weighted by Crippen LogP contribution is -1.76. The van der Waals surface area contributed by atoms with Gasteiger partial charge in [0, 0.05) is 4.90 Å². The molecule has 0 aliphatic rings. The fourth-order valence-corrected chi connectivity index (χ4v) is 2.07. The minimum absolute atomic E-state index is 0.359. The van der Waals surface area contributed by atoms with Crippen molar-refractivity contribution in [1.29, 1.82) is 0 Å². The second-order valence-corrected chi connectivity index (χ2v) is 4.48. The molecule has 0 bridgehead atoms. The quantitative estimate of drug-likeness (QED) is 0.697. The van der Waals surface area contributed by atoms with Gasteiger partial charge in [0.1, 0.15) is 5.82 Å². The highest BCUT2D eigenvalue weighted by atomic mass is 32.2. The predicted octanol–water partition coefficient (Wildman–Crippen LogP) is 4.89. The van der Waals surface area contributed by atoms with Crippen LogP contribution in [0.2, 0.25) is 0 Å². The summed E-state index contributed by atoms with van der Waals surface area (Å²) in [5.74, 6) is -0.365. The lowest BCUT2D eigenvalue weighted by Gasteiger charge is -1.98. The molecule has 3 heteroatoms. The molecule has 17 heavy (non-hydrogen) atoms. The molecule has 0 fully saturated rings. The molecule has 0 spiro atoms. The van der Waals surface area contributed by atoms with E-state index in [4.69, 9.17) is 0 Å². The Morgan fingerprint density at radius 1 is 1.00 bits per heavy atom. The third kappa shape index (κ3) is 3.71. The smallest absolute Gasteiger partial charge is 0.161 e. The van der Waals surface area contributed by atoms with Gasteiger partial charge in [-0.3, -0.25) is 0 Å². The van der Waals surface area contributed by atoms with Crippen LogP contribution < -0.4 is 0 Å². The third-order valence-electron chi connectivity index (χ3n) is 2.09. The van der Waals surface area contributed by atoms with Crippen molar-refractivity contribution in [3.05, 3.63) is 71.1 Å². The summed E-state index contributed by atoms with van der Waals surface area (Å²) in [5.41, 5.74) is 0.519. The Balaban J connectivity index is 2.12. The van der Waals surface area contributed by atoms with Crippen molar-refractivity contribution in [2.24, 2.45) is 0 Å². The second-order valence-electron chi connectivity index (χ2n) is 3.42. The van der Waals surface area contributed by atoms with Crippen LogP contribution in [0.15, 0.2) is 64.7 Å². The molecule has 0 aromatic heterocycles. The molecule has 86 valence electrons. The average molecular weight is 248 g/mol. The third-order valence-corrected chi connectivity index (χ3v) is 2.91. The Morgan fingerprint density at radius 2 is 1.76 bits per heavy atom. The van der Waals surface area contributed by atoms with Crippen molar-refractivity contribution < 1.29 is 8.78 Å². The van der Waals surface area contributed by atoms with Gasteiger partial charge in [-0.2, -0.15) is 4.39 Å². The zero-order valence-corrected chi connectivity index (χ0v) is 9.75. The fraction of sp³-hybridized carbons (Fsp3) is 0. The van der Waals surface area contributed by atoms with Crippen LogP contribution in [-0.2, 0) is 0 Å². The zero-order valence-electron chi connectivity index (χ0n) is 8.94. The summed E-state index contributed by atoms with van der Waals surface area (Å²) in [6.07, 6.45) is 1.32. The summed E-state index contributed by atoms with van der Waals surface area (Å²) in [7, 11) is 0. The Kier molecular flexibility index (Phi) is 3.94. The normalized spacial score (nSPS) is 11.5. The second kappa shape index (κ2) is 5.64. The fourth-order valence-electron chi connectivity index (χ4n) is 1.36. The van der Waals surface area contributed by atoms with E-state index in [1.807, 2.05) is 30.3 Å². The van der Waals surface area contributed by atoms with Gasteiger partial charge in [0.05, 0.1) is 0 Å². The molecular weight excluding hydrogens is 238 g/mol. The lowest BCUT2D eigenvalue weighted by atomic mass is 10.2. The van der Waals surface area contributed by atoms with Crippen LogP contribution in [0, 0.1) is 5.82 Å². The molecule has 0 atom stereocenters. The number of benzene rings is 2. The SMILES string of the molecule is FC(=Cc1cccc(F)c1)Sc1ccccc1. The average Bonchev–Trinajstić information content (AvgIpc) is 2.30. The van der Waals surface area contributed by atoms with Crippen LogP contribution in [0.1, 0.15) is 5.56 Å². The first kappa shape index (κ1) is 11.9. The van der Waals surface area contributed by atoms with E-state index in [1.165, 1.54) is 18.2 Å². The zero-order chi connectivity index (χ0) is 12.1. The molecule has 2 aromatic rings. The molecule has 0 heterocycles. The van der Waals surface area contributed by atoms with Gasteiger partial charge in [-0.25, -0.2) is 4.39 Å². The summed E-state index contributed by atoms with van der Waals surface area (Å²) in [6, 6.07) is 15.1. The molecule has 2 aromatic carbocycles. The van der Waals surface area contributed by atoms with Gasteiger partial charge in [0.2, 0.25) is 0 Å². The van der Waals surface area contributed by atoms with E-state index in [-0.39, 0.29) is 11.0 Å². The highest BCUT2D eigenvalue weighted by Crippen LogP contribution is 2.28. The summed E-state index contributed by atoms with van der Waals surface area (Å²) >= 11 is 1.02. The van der Waals surface area contributed by atoms with E-state index in [1.54, 1.807) is 12.1 Å². The number of halogens is 2. The molecule has 0 nitrogen and oxygen atoms in total. The van der Waals surface area contributed by atoms with E-state index in [2.05, 4.69) is 0 Å². The van der Waals surface area contributed by atoms with E-state index >= 15 is 0 Å². The van der Waals surface area contributed by atoms with Gasteiger partial charge >= 0.3 is 0 Å². The Bertz CT molecular complexity index is 521. The standard InChI is InChI=1S/C14H10F2S/c15-12-6-4-5-11(9-12)10-14(16)17-13-7-2-1-3-8-13/h1-10H. The van der Waals surface area contributed by atoms with Gasteiger partial charge in [-0.15, -0.1) is 0 Å². The maximum atomic E-state index is 13.6. The molecule has 0 amide bonds. The number of thioether (sulfide) groups is 1. The summed E-state index contributed by atoms with van der Waals surface area (Å²) in [5, 5.41) is -0.359. The summed E-state index contributed by atoms with van der Waals surface area (Å²) in [4.78, 5) is 0.817. The van der Waals surface area contributed by atoms with Crippen LogP contribution in [0.5, 0.6) is 0 Å². The van der Waals surface area contributed by atoms with E-state index < -0.39 is 0 Å². The van der Waals surface area contributed by atoms with E-state index in [9.17, 15) is 8.78 Å². The Labute approximate surface area is 103 Å². The first-order valence-corrected chi connectivity index (χ1v) is 5.91. The molecule has 0 N–H and O–H groups in total. The monoisotopic (exact) mass is 248 g/mol. The van der Waals surface area contributed by atoms with Gasteiger partial charge in [-0.05, 0) is 35.9 Å². The van der Waals surface area contributed by atoms with Crippen molar-refractivity contribution in [3.8, 4) is 0 Å². The van der Waals surface area contributed by atoms with Gasteiger partial charge in [0.15, 0.2) is 5.16 Å². The lowest BCUT2D eigenvalue weighted by molar-refractivity contribution is 0.627. The number of hydrogen-bond donors (Lipinski definition) is 0. The summed E-state index contributed by atoms with van der Waals surface area (Å²) in [6.45, 7) is 0. The molecular formula is C14H10F2S. The molecule has 2 rings (SSSR count). The van der Waals surface area contributed by atoms with Crippen LogP contribution >= 0.6 is 11.8 Å². The van der Waals surface area contributed by atoms with Crippen LogP contribution in [0.4, 0.5) is 8.78 Å². The molecule has 0 saturated heterocycles. The van der Waals surface area contributed by atoms with Crippen molar-refractivity contribution in [1.82, 2.24) is 0 Å². The van der Waals surface area contributed by atoms with Crippen molar-refractivity contribution in [3.63, 3.8) is 0 Å². The van der Waals surface area contributed by atoms with E-state index in [0.29, 0.717) is 5.56 Å². The van der Waals surface area contributed by atoms with Crippen molar-refractivity contribution >= 4 is 17.8 Å². The van der Waals surface area contributed by atoms with Gasteiger partial charge in [-0.1, -0.05) is 42.1 Å². The van der Waals surface area contributed by atoms with Crippen molar-refractivity contribution in [2.75, 3.05) is 0 Å². The van der Waals surface area contributed by atoms with Gasteiger partial charge < -0.3 is 0 Å². The first-order valence-electron chi connectivity index (χ1n) is 5.10. The predicted molar refractivity (Wildman–Crippen MR) is 67.8 cm³/mol. The maximum Gasteiger partial charge on any atom is 0.161 e. The molecule has 0 saturated carbocycles.